The normalized spacial score (nSPS) is 11.4. The molecule has 0 spiro atoms. The highest BCUT2D eigenvalue weighted by atomic mass is 32.2. The van der Waals surface area contributed by atoms with Crippen molar-refractivity contribution >= 4 is 33.3 Å². The van der Waals surface area contributed by atoms with E-state index in [0.717, 1.165) is 15.3 Å². The Morgan fingerprint density at radius 3 is 2.76 bits per heavy atom. The number of aryl methyl sites for hydroxylation is 3. The number of nitrogen functional groups attached to an aromatic ring is 1. The number of nitrogens with two attached hydrogens (primary N) is 1. The zero-order chi connectivity index (χ0) is 15.1. The summed E-state index contributed by atoms with van der Waals surface area (Å²) in [5.41, 5.74) is 0.906. The van der Waals surface area contributed by atoms with E-state index in [9.17, 15) is 4.79 Å². The average molecular weight is 322 g/mol. The first-order valence-corrected chi connectivity index (χ1v) is 8.06. The Labute approximate surface area is 128 Å². The minimum absolute atomic E-state index is 0.0946. The lowest BCUT2D eigenvalue weighted by Crippen LogP contribution is -2.13. The largest absolute Gasteiger partial charge is 0.336 e. The highest BCUT2D eigenvalue weighted by Crippen LogP contribution is 2.26. The van der Waals surface area contributed by atoms with Crippen LogP contribution in [0.15, 0.2) is 9.95 Å². The lowest BCUT2D eigenvalue weighted by atomic mass is 10.2. The molecule has 21 heavy (non-hydrogen) atoms. The minimum atomic E-state index is -0.0946. The summed E-state index contributed by atoms with van der Waals surface area (Å²) in [6.45, 7) is 5.72. The highest BCUT2D eigenvalue weighted by Gasteiger charge is 2.13. The molecular weight excluding hydrogens is 308 g/mol. The second-order valence-corrected chi connectivity index (χ2v) is 6.81. The van der Waals surface area contributed by atoms with Crippen molar-refractivity contribution in [1.29, 1.82) is 0 Å². The number of fused-ring (bicyclic) bond motifs is 1. The molecule has 0 aromatic carbocycles. The van der Waals surface area contributed by atoms with Crippen molar-refractivity contribution in [3.05, 3.63) is 32.4 Å². The van der Waals surface area contributed by atoms with Gasteiger partial charge in [-0.3, -0.25) is 4.79 Å². The standard InChI is InChI=1S/C12H14N6OS2/c1-5-6(2)21-11-9(5)10(19)14-8(15-11)4-20-12-17-16-7(3)18(12)13/h4,13H2,1-3H3,(H,14,15,19). The van der Waals surface area contributed by atoms with E-state index < -0.39 is 0 Å². The molecule has 3 heterocycles. The molecule has 0 atom stereocenters. The summed E-state index contributed by atoms with van der Waals surface area (Å²) in [7, 11) is 0. The number of H-pyrrole nitrogens is 1. The Morgan fingerprint density at radius 2 is 2.10 bits per heavy atom. The number of thiophene rings is 1. The lowest BCUT2D eigenvalue weighted by Gasteiger charge is -2.01. The summed E-state index contributed by atoms with van der Waals surface area (Å²) >= 11 is 2.92. The van der Waals surface area contributed by atoms with Crippen molar-refractivity contribution in [2.45, 2.75) is 31.7 Å². The molecule has 7 nitrogen and oxygen atoms in total. The van der Waals surface area contributed by atoms with E-state index in [1.165, 1.54) is 27.8 Å². The number of rotatable bonds is 3. The van der Waals surface area contributed by atoms with Gasteiger partial charge in [0.2, 0.25) is 5.16 Å². The molecule has 0 aliphatic rings. The molecule has 3 aromatic heterocycles. The zero-order valence-electron chi connectivity index (χ0n) is 11.8. The zero-order valence-corrected chi connectivity index (χ0v) is 13.4. The molecule has 0 radical (unpaired) electrons. The molecule has 3 N–H and O–H groups in total. The van der Waals surface area contributed by atoms with Crippen LogP contribution in [0.4, 0.5) is 0 Å². The van der Waals surface area contributed by atoms with Crippen LogP contribution < -0.4 is 11.4 Å². The van der Waals surface area contributed by atoms with E-state index >= 15 is 0 Å². The molecule has 0 saturated carbocycles. The Kier molecular flexibility index (Phi) is 3.46. The summed E-state index contributed by atoms with van der Waals surface area (Å²) in [5.74, 6) is 7.52. The van der Waals surface area contributed by atoms with Crippen molar-refractivity contribution in [3.8, 4) is 0 Å². The van der Waals surface area contributed by atoms with Crippen molar-refractivity contribution in [1.82, 2.24) is 24.8 Å². The van der Waals surface area contributed by atoms with Crippen LogP contribution in [-0.2, 0) is 5.75 Å². The topological polar surface area (TPSA) is 102 Å². The molecule has 0 fully saturated rings. The van der Waals surface area contributed by atoms with Gasteiger partial charge < -0.3 is 10.8 Å². The van der Waals surface area contributed by atoms with Crippen molar-refractivity contribution in [3.63, 3.8) is 0 Å². The summed E-state index contributed by atoms with van der Waals surface area (Å²) in [6, 6.07) is 0. The van der Waals surface area contributed by atoms with Gasteiger partial charge in [-0.05, 0) is 26.3 Å². The maximum absolute atomic E-state index is 12.2. The van der Waals surface area contributed by atoms with Crippen LogP contribution in [0.2, 0.25) is 0 Å². The average Bonchev–Trinajstić information content (AvgIpc) is 2.90. The highest BCUT2D eigenvalue weighted by molar-refractivity contribution is 7.98. The molecular formula is C12H14N6OS2. The van der Waals surface area contributed by atoms with Gasteiger partial charge in [0.1, 0.15) is 16.5 Å². The fourth-order valence-corrected chi connectivity index (χ4v) is 3.77. The maximum Gasteiger partial charge on any atom is 0.259 e. The van der Waals surface area contributed by atoms with E-state index in [-0.39, 0.29) is 5.56 Å². The monoisotopic (exact) mass is 322 g/mol. The summed E-state index contributed by atoms with van der Waals surface area (Å²) in [6.07, 6.45) is 0. The molecule has 3 aromatic rings. The molecule has 0 bridgehead atoms. The van der Waals surface area contributed by atoms with Crippen LogP contribution >= 0.6 is 23.1 Å². The van der Waals surface area contributed by atoms with Gasteiger partial charge in [-0.2, -0.15) is 0 Å². The first kappa shape index (κ1) is 14.1. The molecule has 3 rings (SSSR count). The fourth-order valence-electron chi connectivity index (χ4n) is 1.95. The molecule has 110 valence electrons. The summed E-state index contributed by atoms with van der Waals surface area (Å²) < 4.78 is 1.42. The van der Waals surface area contributed by atoms with Gasteiger partial charge in [0, 0.05) is 4.88 Å². The van der Waals surface area contributed by atoms with Crippen LogP contribution in [0.5, 0.6) is 0 Å². The third-order valence-electron chi connectivity index (χ3n) is 3.26. The van der Waals surface area contributed by atoms with Crippen LogP contribution in [0.3, 0.4) is 0 Å². The van der Waals surface area contributed by atoms with E-state index in [0.29, 0.717) is 27.9 Å². The lowest BCUT2D eigenvalue weighted by molar-refractivity contribution is 0.824. The predicted molar refractivity (Wildman–Crippen MR) is 84.2 cm³/mol. The molecule has 9 heteroatoms. The number of nitrogens with one attached hydrogen (secondary N) is 1. The summed E-state index contributed by atoms with van der Waals surface area (Å²) in [5, 5.41) is 9.13. The van der Waals surface area contributed by atoms with E-state index in [4.69, 9.17) is 5.84 Å². The Morgan fingerprint density at radius 1 is 1.33 bits per heavy atom. The minimum Gasteiger partial charge on any atom is -0.336 e. The van der Waals surface area contributed by atoms with Gasteiger partial charge in [-0.15, -0.1) is 21.5 Å². The van der Waals surface area contributed by atoms with Crippen molar-refractivity contribution in [2.75, 3.05) is 5.84 Å². The van der Waals surface area contributed by atoms with Crippen LogP contribution in [0.25, 0.3) is 10.2 Å². The Bertz CT molecular complexity index is 878. The van der Waals surface area contributed by atoms with Crippen molar-refractivity contribution in [2.24, 2.45) is 0 Å². The number of hydrogen-bond acceptors (Lipinski definition) is 7. The molecule has 0 unspecified atom stereocenters. The third-order valence-corrected chi connectivity index (χ3v) is 5.32. The molecule has 0 aliphatic carbocycles. The van der Waals surface area contributed by atoms with E-state index in [1.54, 1.807) is 6.92 Å². The van der Waals surface area contributed by atoms with Gasteiger partial charge in [0.15, 0.2) is 0 Å². The number of hydrogen-bond donors (Lipinski definition) is 2. The predicted octanol–water partition coefficient (Wildman–Crippen LogP) is 1.51. The van der Waals surface area contributed by atoms with Gasteiger partial charge in [0.25, 0.3) is 5.56 Å². The first-order chi connectivity index (χ1) is 9.97. The van der Waals surface area contributed by atoms with Crippen LogP contribution in [-0.4, -0.2) is 24.8 Å². The van der Waals surface area contributed by atoms with Gasteiger partial charge in [-0.1, -0.05) is 11.8 Å². The van der Waals surface area contributed by atoms with Gasteiger partial charge >= 0.3 is 0 Å². The number of aromatic amines is 1. The first-order valence-electron chi connectivity index (χ1n) is 6.26. The van der Waals surface area contributed by atoms with Gasteiger partial charge in [0.05, 0.1) is 11.1 Å². The van der Waals surface area contributed by atoms with Crippen LogP contribution in [0.1, 0.15) is 22.1 Å². The maximum atomic E-state index is 12.2. The van der Waals surface area contributed by atoms with E-state index in [1.807, 2.05) is 13.8 Å². The fraction of sp³-hybridized carbons (Fsp3) is 0.333. The molecule has 0 amide bonds. The second kappa shape index (κ2) is 5.15. The van der Waals surface area contributed by atoms with Gasteiger partial charge in [-0.25, -0.2) is 9.66 Å². The Hall–Kier alpha value is -1.87. The number of nitrogens with zero attached hydrogens (tertiary/aromatic N) is 4. The number of aromatic nitrogens is 5. The third kappa shape index (κ3) is 2.42. The van der Waals surface area contributed by atoms with Crippen LogP contribution in [0, 0.1) is 20.8 Å². The summed E-state index contributed by atoms with van der Waals surface area (Å²) in [4.78, 5) is 21.4. The number of thioether (sulfide) groups is 1. The van der Waals surface area contributed by atoms with Crippen molar-refractivity contribution < 1.29 is 0 Å². The SMILES string of the molecule is Cc1sc2nc(CSc3nnc(C)n3N)[nH]c(=O)c2c1C. The smallest absolute Gasteiger partial charge is 0.259 e. The molecule has 0 aliphatic heterocycles. The quantitative estimate of drug-likeness (QED) is 0.560. The Balaban J connectivity index is 1.91. The van der Waals surface area contributed by atoms with E-state index in [2.05, 4.69) is 20.2 Å². The second-order valence-electron chi connectivity index (χ2n) is 4.66. The molecule has 0 saturated heterocycles.